The van der Waals surface area contributed by atoms with Crippen molar-refractivity contribution in [3.63, 3.8) is 0 Å². The van der Waals surface area contributed by atoms with Crippen LogP contribution in [0.25, 0.3) is 0 Å². The van der Waals surface area contributed by atoms with Crippen LogP contribution >= 0.6 is 0 Å². The van der Waals surface area contributed by atoms with Gasteiger partial charge in [0, 0.05) is 24.3 Å². The lowest BCUT2D eigenvalue weighted by Crippen LogP contribution is -2.29. The molecule has 0 spiro atoms. The Hall–Kier alpha value is -1.60. The van der Waals surface area contributed by atoms with E-state index in [0.717, 1.165) is 5.69 Å². The quantitative estimate of drug-likeness (QED) is 0.874. The lowest BCUT2D eigenvalue weighted by atomic mass is 10.1. The Labute approximate surface area is 107 Å². The van der Waals surface area contributed by atoms with Crippen LogP contribution in [0.4, 0.5) is 10.1 Å². The molecule has 0 aromatic heterocycles. The monoisotopic (exact) mass is 250 g/mol. The van der Waals surface area contributed by atoms with Gasteiger partial charge in [-0.2, -0.15) is 5.26 Å². The third kappa shape index (κ3) is 3.44. The van der Waals surface area contributed by atoms with Crippen molar-refractivity contribution in [1.29, 1.82) is 5.26 Å². The van der Waals surface area contributed by atoms with Crippen molar-refractivity contribution in [2.24, 2.45) is 5.92 Å². The molecule has 1 aromatic carbocycles. The van der Waals surface area contributed by atoms with Gasteiger partial charge in [0.2, 0.25) is 0 Å². The largest absolute Gasteiger partial charge is 0.389 e. The van der Waals surface area contributed by atoms with E-state index in [1.54, 1.807) is 13.0 Å². The molecule has 98 valence electrons. The molecule has 0 aliphatic carbocycles. The molecular formula is C14H19FN2O. The Morgan fingerprint density at radius 2 is 2.11 bits per heavy atom. The minimum absolute atomic E-state index is 0.114. The number of anilines is 1. The van der Waals surface area contributed by atoms with Gasteiger partial charge in [0.15, 0.2) is 0 Å². The Kier molecular flexibility index (Phi) is 5.11. The number of hydrogen-bond acceptors (Lipinski definition) is 3. The summed E-state index contributed by atoms with van der Waals surface area (Å²) in [7, 11) is 0. The summed E-state index contributed by atoms with van der Waals surface area (Å²) in [6.45, 7) is 6.70. The number of halogens is 1. The molecule has 1 aromatic rings. The molecule has 2 unspecified atom stereocenters. The lowest BCUT2D eigenvalue weighted by Gasteiger charge is -2.27. The first kappa shape index (κ1) is 14.5. The molecule has 0 heterocycles. The minimum Gasteiger partial charge on any atom is -0.389 e. The smallest absolute Gasteiger partial charge is 0.123 e. The molecule has 0 aliphatic heterocycles. The van der Waals surface area contributed by atoms with Crippen molar-refractivity contribution in [3.05, 3.63) is 29.6 Å². The first-order valence-corrected chi connectivity index (χ1v) is 6.11. The van der Waals surface area contributed by atoms with Crippen LogP contribution in [0.3, 0.4) is 0 Å². The van der Waals surface area contributed by atoms with E-state index in [2.05, 4.69) is 6.07 Å². The zero-order valence-electron chi connectivity index (χ0n) is 11.0. The molecule has 3 nitrogen and oxygen atoms in total. The summed E-state index contributed by atoms with van der Waals surface area (Å²) >= 11 is 0. The third-order valence-corrected chi connectivity index (χ3v) is 2.88. The van der Waals surface area contributed by atoms with Crippen molar-refractivity contribution >= 4 is 5.69 Å². The molecule has 0 saturated carbocycles. The average Bonchev–Trinajstić information content (AvgIpc) is 2.35. The van der Waals surface area contributed by atoms with Gasteiger partial charge in [0.05, 0.1) is 18.1 Å². The number of rotatable bonds is 5. The lowest BCUT2D eigenvalue weighted by molar-refractivity contribution is 0.199. The predicted molar refractivity (Wildman–Crippen MR) is 69.7 cm³/mol. The Morgan fingerprint density at radius 3 is 2.61 bits per heavy atom. The van der Waals surface area contributed by atoms with Crippen LogP contribution in [-0.2, 0) is 0 Å². The van der Waals surface area contributed by atoms with Gasteiger partial charge in [0.25, 0.3) is 0 Å². The summed E-state index contributed by atoms with van der Waals surface area (Å²) in [5.41, 5.74) is 1.35. The molecule has 0 amide bonds. The summed E-state index contributed by atoms with van der Waals surface area (Å²) < 4.78 is 13.2. The Morgan fingerprint density at radius 1 is 1.44 bits per heavy atom. The van der Waals surface area contributed by atoms with Crippen LogP contribution < -0.4 is 4.90 Å². The first-order chi connectivity index (χ1) is 8.49. The molecule has 0 fully saturated rings. The predicted octanol–water partition coefficient (Wildman–Crippen LogP) is 2.86. The molecule has 2 atom stereocenters. The standard InChI is InChI=1S/C14H19FN2O/c1-4-17(9-10(2)8-16)14-6-5-12(15)7-13(14)11(3)18/h5-7,10-11,18H,4,9H2,1-3H3. The van der Waals surface area contributed by atoms with Gasteiger partial charge in [-0.05, 0) is 39.0 Å². The fraction of sp³-hybridized carbons (Fsp3) is 0.500. The van der Waals surface area contributed by atoms with E-state index in [0.29, 0.717) is 18.7 Å². The number of hydrogen-bond donors (Lipinski definition) is 1. The Bertz CT molecular complexity index is 440. The van der Waals surface area contributed by atoms with Crippen LogP contribution in [0.15, 0.2) is 18.2 Å². The number of benzene rings is 1. The van der Waals surface area contributed by atoms with E-state index in [9.17, 15) is 9.50 Å². The number of nitrogens with zero attached hydrogens (tertiary/aromatic N) is 2. The topological polar surface area (TPSA) is 47.3 Å². The van der Waals surface area contributed by atoms with E-state index in [-0.39, 0.29) is 11.7 Å². The highest BCUT2D eigenvalue weighted by atomic mass is 19.1. The molecular weight excluding hydrogens is 231 g/mol. The third-order valence-electron chi connectivity index (χ3n) is 2.88. The van der Waals surface area contributed by atoms with Crippen LogP contribution in [0.5, 0.6) is 0 Å². The summed E-state index contributed by atoms with van der Waals surface area (Å²) in [6.07, 6.45) is -0.734. The zero-order valence-corrected chi connectivity index (χ0v) is 11.0. The molecule has 1 N–H and O–H groups in total. The van der Waals surface area contributed by atoms with Crippen LogP contribution in [-0.4, -0.2) is 18.2 Å². The SMILES string of the molecule is CCN(CC(C)C#N)c1ccc(F)cc1C(C)O. The van der Waals surface area contributed by atoms with Gasteiger partial charge in [-0.3, -0.25) is 0 Å². The van der Waals surface area contributed by atoms with E-state index in [1.165, 1.54) is 12.1 Å². The van der Waals surface area contributed by atoms with Crippen LogP contribution in [0, 0.1) is 23.1 Å². The van der Waals surface area contributed by atoms with E-state index >= 15 is 0 Å². The maximum Gasteiger partial charge on any atom is 0.123 e. The average molecular weight is 250 g/mol. The molecule has 4 heteroatoms. The maximum atomic E-state index is 13.2. The fourth-order valence-electron chi connectivity index (χ4n) is 1.92. The molecule has 1 rings (SSSR count). The summed E-state index contributed by atoms with van der Waals surface area (Å²) in [5, 5.41) is 18.6. The highest BCUT2D eigenvalue weighted by Gasteiger charge is 2.16. The fourth-order valence-corrected chi connectivity index (χ4v) is 1.92. The van der Waals surface area contributed by atoms with Crippen molar-refractivity contribution in [2.45, 2.75) is 26.9 Å². The molecule has 0 saturated heterocycles. The first-order valence-electron chi connectivity index (χ1n) is 6.11. The van der Waals surface area contributed by atoms with E-state index < -0.39 is 6.10 Å². The van der Waals surface area contributed by atoms with Gasteiger partial charge >= 0.3 is 0 Å². The van der Waals surface area contributed by atoms with Gasteiger partial charge in [-0.1, -0.05) is 0 Å². The zero-order chi connectivity index (χ0) is 13.7. The van der Waals surface area contributed by atoms with Crippen LogP contribution in [0.2, 0.25) is 0 Å². The number of aliphatic hydroxyl groups excluding tert-OH is 1. The molecule has 0 bridgehead atoms. The highest BCUT2D eigenvalue weighted by molar-refractivity contribution is 5.54. The van der Waals surface area contributed by atoms with Gasteiger partial charge in [-0.25, -0.2) is 4.39 Å². The van der Waals surface area contributed by atoms with Crippen LogP contribution in [0.1, 0.15) is 32.4 Å². The maximum absolute atomic E-state index is 13.2. The Balaban J connectivity index is 3.09. The van der Waals surface area contributed by atoms with E-state index in [1.807, 2.05) is 18.7 Å². The second-order valence-corrected chi connectivity index (χ2v) is 4.45. The number of nitriles is 1. The summed E-state index contributed by atoms with van der Waals surface area (Å²) in [6, 6.07) is 6.56. The van der Waals surface area contributed by atoms with Crippen molar-refractivity contribution in [2.75, 3.05) is 18.0 Å². The molecule has 18 heavy (non-hydrogen) atoms. The molecule has 0 aliphatic rings. The minimum atomic E-state index is -0.734. The highest BCUT2D eigenvalue weighted by Crippen LogP contribution is 2.27. The van der Waals surface area contributed by atoms with Crippen molar-refractivity contribution in [3.8, 4) is 6.07 Å². The van der Waals surface area contributed by atoms with Gasteiger partial charge in [-0.15, -0.1) is 0 Å². The normalized spacial score (nSPS) is 13.8. The van der Waals surface area contributed by atoms with Crippen molar-refractivity contribution < 1.29 is 9.50 Å². The molecule has 0 radical (unpaired) electrons. The number of aliphatic hydroxyl groups is 1. The second kappa shape index (κ2) is 6.36. The summed E-state index contributed by atoms with van der Waals surface area (Å²) in [5.74, 6) is -0.476. The second-order valence-electron chi connectivity index (χ2n) is 4.45. The van der Waals surface area contributed by atoms with E-state index in [4.69, 9.17) is 5.26 Å². The van der Waals surface area contributed by atoms with Gasteiger partial charge < -0.3 is 10.0 Å². The summed E-state index contributed by atoms with van der Waals surface area (Å²) in [4.78, 5) is 1.98. The van der Waals surface area contributed by atoms with Crippen molar-refractivity contribution in [1.82, 2.24) is 0 Å². The van der Waals surface area contributed by atoms with Gasteiger partial charge in [0.1, 0.15) is 5.82 Å².